The van der Waals surface area contributed by atoms with Crippen LogP contribution in [0.4, 0.5) is 24.5 Å². The first-order chi connectivity index (χ1) is 22.6. The fourth-order valence-corrected chi connectivity index (χ4v) is 5.77. The van der Waals surface area contributed by atoms with Crippen molar-refractivity contribution in [2.75, 3.05) is 25.5 Å². The minimum absolute atomic E-state index is 0.00437. The molecule has 1 unspecified atom stereocenters. The van der Waals surface area contributed by atoms with E-state index in [1.807, 2.05) is 30.3 Å². The lowest BCUT2D eigenvalue weighted by Crippen LogP contribution is -2.34. The number of carbonyl (C=O) groups excluding carboxylic acids is 2. The number of benzene rings is 3. The molecule has 1 atom stereocenters. The van der Waals surface area contributed by atoms with Crippen LogP contribution in [-0.4, -0.2) is 51.9 Å². The Balaban J connectivity index is 1.32. The molecule has 2 amide bonds. The Morgan fingerprint density at radius 1 is 1.04 bits per heavy atom. The van der Waals surface area contributed by atoms with Gasteiger partial charge in [0.1, 0.15) is 17.3 Å². The second-order valence-corrected chi connectivity index (χ2v) is 11.5. The highest BCUT2D eigenvalue weighted by atomic mass is 19.3. The predicted molar refractivity (Wildman–Crippen MR) is 173 cm³/mol. The van der Waals surface area contributed by atoms with Gasteiger partial charge in [-0.1, -0.05) is 42.5 Å². The van der Waals surface area contributed by atoms with Crippen molar-refractivity contribution in [1.29, 1.82) is 0 Å². The van der Waals surface area contributed by atoms with Crippen LogP contribution < -0.4 is 10.6 Å². The van der Waals surface area contributed by atoms with Gasteiger partial charge in [-0.25, -0.2) is 4.39 Å². The quantitative estimate of drug-likeness (QED) is 0.132. The number of fused-ring (bicyclic) bond motifs is 1. The molecule has 0 aliphatic carbocycles. The molecular formula is C36H32F3N5O3. The third-order valence-corrected chi connectivity index (χ3v) is 8.30. The van der Waals surface area contributed by atoms with E-state index in [-0.39, 0.29) is 23.8 Å². The van der Waals surface area contributed by atoms with Gasteiger partial charge < -0.3 is 25.6 Å². The number of aromatic nitrogens is 2. The number of hydrogen-bond donors (Lipinski definition) is 4. The molecule has 3 aromatic carbocycles. The van der Waals surface area contributed by atoms with E-state index in [1.54, 1.807) is 30.1 Å². The van der Waals surface area contributed by atoms with E-state index >= 15 is 8.78 Å². The van der Waals surface area contributed by atoms with Crippen molar-refractivity contribution in [2.24, 2.45) is 0 Å². The fraction of sp³-hybridized carbons (Fsp3) is 0.194. The molecular weight excluding hydrogens is 607 g/mol. The summed E-state index contributed by atoms with van der Waals surface area (Å²) in [6.07, 6.45) is 1.11. The van der Waals surface area contributed by atoms with Crippen LogP contribution in [-0.2, 0) is 12.3 Å². The summed E-state index contributed by atoms with van der Waals surface area (Å²) < 4.78 is 46.1. The number of H-pyrrole nitrogens is 1. The van der Waals surface area contributed by atoms with Crippen LogP contribution in [0, 0.1) is 5.82 Å². The summed E-state index contributed by atoms with van der Waals surface area (Å²) in [5.74, 6) is -6.00. The lowest BCUT2D eigenvalue weighted by Gasteiger charge is -2.24. The van der Waals surface area contributed by atoms with Crippen LogP contribution in [0.15, 0.2) is 97.2 Å². The molecule has 8 nitrogen and oxygen atoms in total. The fourth-order valence-electron chi connectivity index (χ4n) is 5.77. The summed E-state index contributed by atoms with van der Waals surface area (Å²) in [7, 11) is 1.72. The Morgan fingerprint density at radius 2 is 1.77 bits per heavy atom. The van der Waals surface area contributed by atoms with Crippen LogP contribution in [0.3, 0.4) is 0 Å². The van der Waals surface area contributed by atoms with E-state index in [0.29, 0.717) is 46.7 Å². The first-order valence-corrected chi connectivity index (χ1v) is 15.1. The molecule has 1 aliphatic rings. The number of amides is 2. The van der Waals surface area contributed by atoms with E-state index in [9.17, 15) is 19.1 Å². The minimum Gasteiger partial charge on any atom is -0.507 e. The number of para-hydroxylation sites is 2. The maximum atomic E-state index is 16.2. The molecule has 1 aliphatic heterocycles. The molecule has 0 bridgehead atoms. The molecule has 0 spiro atoms. The number of nitrogens with zero attached hydrogens (tertiary/aromatic N) is 2. The van der Waals surface area contributed by atoms with Gasteiger partial charge in [-0.05, 0) is 54.1 Å². The van der Waals surface area contributed by atoms with Gasteiger partial charge >= 0.3 is 0 Å². The van der Waals surface area contributed by atoms with Crippen LogP contribution >= 0.6 is 0 Å². The summed E-state index contributed by atoms with van der Waals surface area (Å²) in [5.41, 5.74) is 3.16. The monoisotopic (exact) mass is 639 g/mol. The Morgan fingerprint density at radius 3 is 2.51 bits per heavy atom. The number of pyridine rings is 1. The summed E-state index contributed by atoms with van der Waals surface area (Å²) in [4.78, 5) is 35.0. The molecule has 3 heterocycles. The van der Waals surface area contributed by atoms with E-state index in [2.05, 4.69) is 20.6 Å². The number of hydrogen-bond acceptors (Lipinski definition) is 5. The normalized spacial score (nSPS) is 13.6. The highest BCUT2D eigenvalue weighted by Gasteiger charge is 2.38. The number of carbonyl (C=O) groups is 2. The zero-order valence-corrected chi connectivity index (χ0v) is 25.4. The van der Waals surface area contributed by atoms with Crippen molar-refractivity contribution in [2.45, 2.75) is 24.7 Å². The van der Waals surface area contributed by atoms with E-state index in [1.165, 1.54) is 48.7 Å². The van der Waals surface area contributed by atoms with Gasteiger partial charge in [0.25, 0.3) is 17.7 Å². The summed E-state index contributed by atoms with van der Waals surface area (Å²) in [6, 6.07) is 23.2. The van der Waals surface area contributed by atoms with Crippen molar-refractivity contribution in [3.05, 3.63) is 131 Å². The third-order valence-electron chi connectivity index (χ3n) is 8.30. The van der Waals surface area contributed by atoms with Crippen LogP contribution in [0.2, 0.25) is 0 Å². The van der Waals surface area contributed by atoms with Gasteiger partial charge in [0.2, 0.25) is 0 Å². The Hall–Kier alpha value is -5.58. The summed E-state index contributed by atoms with van der Waals surface area (Å²) in [5, 5.41) is 16.0. The number of phenolic OH excluding ortho intramolecular Hbond substituents is 1. The van der Waals surface area contributed by atoms with Crippen molar-refractivity contribution in [3.63, 3.8) is 0 Å². The SMILES string of the molecule is CN1CCc2[nH]c(-c3ccnc(C(F)(F)CC(CNC(=O)c4ccccc4O)c4ccc(F)cc4)c3)c(Nc3ccccc3)c2C1=O. The zero-order chi connectivity index (χ0) is 33.1. The molecule has 6 rings (SSSR count). The van der Waals surface area contributed by atoms with Crippen LogP contribution in [0.5, 0.6) is 5.75 Å². The Kier molecular flexibility index (Phi) is 8.71. The second kappa shape index (κ2) is 13.0. The molecule has 5 aromatic rings. The minimum atomic E-state index is -3.48. The first kappa shape index (κ1) is 31.4. The predicted octanol–water partition coefficient (Wildman–Crippen LogP) is 6.99. The topological polar surface area (TPSA) is 110 Å². The summed E-state index contributed by atoms with van der Waals surface area (Å²) >= 11 is 0. The molecule has 47 heavy (non-hydrogen) atoms. The number of anilines is 2. The number of alkyl halides is 2. The number of nitrogens with one attached hydrogen (secondary N) is 3. The van der Waals surface area contributed by atoms with Gasteiger partial charge in [0, 0.05) is 62.0 Å². The lowest BCUT2D eigenvalue weighted by molar-refractivity contribution is -0.0245. The molecule has 0 saturated heterocycles. The smallest absolute Gasteiger partial charge is 0.290 e. The first-order valence-electron chi connectivity index (χ1n) is 15.1. The second-order valence-electron chi connectivity index (χ2n) is 11.5. The molecule has 0 saturated carbocycles. The maximum Gasteiger partial charge on any atom is 0.290 e. The molecule has 4 N–H and O–H groups in total. The van der Waals surface area contributed by atoms with Crippen molar-refractivity contribution in [3.8, 4) is 17.0 Å². The van der Waals surface area contributed by atoms with Gasteiger partial charge in [0.15, 0.2) is 0 Å². The number of phenols is 1. The number of halogens is 3. The van der Waals surface area contributed by atoms with Gasteiger partial charge in [0.05, 0.1) is 22.5 Å². The highest BCUT2D eigenvalue weighted by molar-refractivity contribution is 6.06. The molecule has 0 fully saturated rings. The molecule has 2 aromatic heterocycles. The number of rotatable bonds is 10. The Bertz CT molecular complexity index is 1910. The zero-order valence-electron chi connectivity index (χ0n) is 25.4. The number of aromatic amines is 1. The molecule has 0 radical (unpaired) electrons. The Labute approximate surface area is 269 Å². The van der Waals surface area contributed by atoms with Gasteiger partial charge in [-0.2, -0.15) is 8.78 Å². The number of aromatic hydroxyl groups is 1. The third kappa shape index (κ3) is 6.69. The number of likely N-dealkylation sites (N-methyl/N-ethyl adjacent to an activating group) is 1. The van der Waals surface area contributed by atoms with Crippen molar-refractivity contribution < 1.29 is 27.9 Å². The van der Waals surface area contributed by atoms with Gasteiger partial charge in [-0.15, -0.1) is 0 Å². The van der Waals surface area contributed by atoms with Crippen LogP contribution in [0.1, 0.15) is 50.0 Å². The maximum absolute atomic E-state index is 16.2. The summed E-state index contributed by atoms with van der Waals surface area (Å²) in [6.45, 7) is 0.305. The lowest BCUT2D eigenvalue weighted by atomic mass is 9.90. The van der Waals surface area contributed by atoms with Crippen LogP contribution in [0.25, 0.3) is 11.3 Å². The van der Waals surface area contributed by atoms with E-state index in [0.717, 1.165) is 5.69 Å². The average molecular weight is 640 g/mol. The largest absolute Gasteiger partial charge is 0.507 e. The van der Waals surface area contributed by atoms with Gasteiger partial charge in [-0.3, -0.25) is 14.6 Å². The van der Waals surface area contributed by atoms with E-state index < -0.39 is 35.7 Å². The van der Waals surface area contributed by atoms with Crippen molar-refractivity contribution in [1.82, 2.24) is 20.2 Å². The van der Waals surface area contributed by atoms with E-state index in [4.69, 9.17) is 0 Å². The molecule has 240 valence electrons. The average Bonchev–Trinajstić information content (AvgIpc) is 3.44. The standard InChI is InChI=1S/C36H32F3N5O3/c1-44-18-16-28-31(35(44)47)33(42-26-7-3-2-4-8-26)32(43-28)23-15-17-40-30(19-23)36(38,39)20-24(22-11-13-25(37)14-12-22)21-41-34(46)27-9-5-6-10-29(27)45/h2-15,17,19,24,42-43,45H,16,18,20-21H2,1H3,(H,41,46). The highest BCUT2D eigenvalue weighted by Crippen LogP contribution is 2.41. The molecule has 11 heteroatoms. The van der Waals surface area contributed by atoms with Crippen molar-refractivity contribution >= 4 is 23.2 Å².